The molecule has 2 atom stereocenters. The summed E-state index contributed by atoms with van der Waals surface area (Å²) in [7, 11) is 3.98. The Bertz CT molecular complexity index is 325. The first-order valence-corrected chi connectivity index (χ1v) is 7.78. The standard InChI is InChI=1S/C12H23N3O3S/c1-14(2)9-4-6-15(8-9)12(18)13-10(11(16)17)5-7-19-3/h9-10H,4-8H2,1-3H3,(H,13,18)(H,16,17). The van der Waals surface area contributed by atoms with Gasteiger partial charge in [0.1, 0.15) is 6.04 Å². The molecule has 2 amide bonds. The average Bonchev–Trinajstić information content (AvgIpc) is 2.83. The summed E-state index contributed by atoms with van der Waals surface area (Å²) in [5.74, 6) is -0.247. The fourth-order valence-corrected chi connectivity index (χ4v) is 2.55. The minimum Gasteiger partial charge on any atom is -0.480 e. The average molecular weight is 289 g/mol. The van der Waals surface area contributed by atoms with Crippen molar-refractivity contribution in [2.45, 2.75) is 24.9 Å². The van der Waals surface area contributed by atoms with E-state index < -0.39 is 12.0 Å². The molecule has 0 radical (unpaired) electrons. The Balaban J connectivity index is 2.46. The number of amides is 2. The molecule has 0 bridgehead atoms. The van der Waals surface area contributed by atoms with E-state index in [-0.39, 0.29) is 6.03 Å². The van der Waals surface area contributed by atoms with Crippen LogP contribution in [0.4, 0.5) is 4.79 Å². The number of carboxylic acids is 1. The lowest BCUT2D eigenvalue weighted by molar-refractivity contribution is -0.139. The van der Waals surface area contributed by atoms with Crippen LogP contribution in [0.2, 0.25) is 0 Å². The van der Waals surface area contributed by atoms with Crippen LogP contribution in [0.1, 0.15) is 12.8 Å². The molecule has 1 fully saturated rings. The van der Waals surface area contributed by atoms with Gasteiger partial charge in [0.2, 0.25) is 0 Å². The van der Waals surface area contributed by atoms with Crippen LogP contribution < -0.4 is 5.32 Å². The maximum absolute atomic E-state index is 12.0. The van der Waals surface area contributed by atoms with Crippen LogP contribution >= 0.6 is 11.8 Å². The van der Waals surface area contributed by atoms with Gasteiger partial charge in [-0.15, -0.1) is 0 Å². The first-order valence-electron chi connectivity index (χ1n) is 6.39. The van der Waals surface area contributed by atoms with Gasteiger partial charge < -0.3 is 20.2 Å². The van der Waals surface area contributed by atoms with Gasteiger partial charge in [-0.2, -0.15) is 11.8 Å². The number of nitrogens with one attached hydrogen (secondary N) is 1. The van der Waals surface area contributed by atoms with E-state index in [0.717, 1.165) is 12.2 Å². The Kier molecular flexibility index (Phi) is 6.44. The molecule has 0 saturated carbocycles. The summed E-state index contributed by atoms with van der Waals surface area (Å²) in [5.41, 5.74) is 0. The van der Waals surface area contributed by atoms with Crippen LogP contribution in [0.25, 0.3) is 0 Å². The van der Waals surface area contributed by atoms with Crippen molar-refractivity contribution in [2.75, 3.05) is 39.2 Å². The minimum absolute atomic E-state index is 0.266. The van der Waals surface area contributed by atoms with Gasteiger partial charge in [0, 0.05) is 19.1 Å². The molecule has 1 aliphatic rings. The molecular weight excluding hydrogens is 266 g/mol. The summed E-state index contributed by atoms with van der Waals surface area (Å²) in [6, 6.07) is -0.698. The zero-order chi connectivity index (χ0) is 14.4. The Morgan fingerprint density at radius 3 is 2.68 bits per heavy atom. The number of carbonyl (C=O) groups is 2. The highest BCUT2D eigenvalue weighted by Crippen LogP contribution is 2.13. The van der Waals surface area contributed by atoms with Gasteiger partial charge in [0.15, 0.2) is 0 Å². The molecule has 1 saturated heterocycles. The van der Waals surface area contributed by atoms with Gasteiger partial charge in [-0.3, -0.25) is 0 Å². The van der Waals surface area contributed by atoms with Crippen LogP contribution in [-0.2, 0) is 4.79 Å². The first kappa shape index (κ1) is 16.1. The first-order chi connectivity index (χ1) is 8.95. The van der Waals surface area contributed by atoms with Gasteiger partial charge in [-0.1, -0.05) is 0 Å². The number of rotatable bonds is 6. The van der Waals surface area contributed by atoms with Crippen molar-refractivity contribution in [2.24, 2.45) is 0 Å². The van der Waals surface area contributed by atoms with Crippen molar-refractivity contribution < 1.29 is 14.7 Å². The monoisotopic (exact) mass is 289 g/mol. The van der Waals surface area contributed by atoms with E-state index >= 15 is 0 Å². The van der Waals surface area contributed by atoms with Crippen molar-refractivity contribution in [3.8, 4) is 0 Å². The summed E-state index contributed by atoms with van der Waals surface area (Å²) in [6.07, 6.45) is 3.30. The molecule has 2 unspecified atom stereocenters. The summed E-state index contributed by atoms with van der Waals surface area (Å²) >= 11 is 1.58. The molecule has 7 heteroatoms. The number of likely N-dealkylation sites (N-methyl/N-ethyl adjacent to an activating group) is 1. The molecule has 0 aliphatic carbocycles. The zero-order valence-corrected chi connectivity index (χ0v) is 12.6. The number of likely N-dealkylation sites (tertiary alicyclic amines) is 1. The number of thioether (sulfide) groups is 1. The van der Waals surface area contributed by atoms with Crippen LogP contribution in [0, 0.1) is 0 Å². The van der Waals surface area contributed by atoms with Crippen molar-refractivity contribution in [1.29, 1.82) is 0 Å². The van der Waals surface area contributed by atoms with E-state index in [4.69, 9.17) is 5.11 Å². The number of carboxylic acid groups (broad SMARTS) is 1. The Morgan fingerprint density at radius 2 is 2.21 bits per heavy atom. The molecule has 1 rings (SSSR count). The van der Waals surface area contributed by atoms with E-state index in [9.17, 15) is 9.59 Å². The predicted octanol–water partition coefficient (Wildman–Crippen LogP) is 0.538. The van der Waals surface area contributed by atoms with Gasteiger partial charge >= 0.3 is 12.0 Å². The lowest BCUT2D eigenvalue weighted by atomic mass is 10.2. The van der Waals surface area contributed by atoms with Gasteiger partial charge in [0.05, 0.1) is 0 Å². The Morgan fingerprint density at radius 1 is 1.53 bits per heavy atom. The van der Waals surface area contributed by atoms with Crippen molar-refractivity contribution in [3.63, 3.8) is 0 Å². The number of hydrogen-bond donors (Lipinski definition) is 2. The van der Waals surface area contributed by atoms with Crippen LogP contribution in [0.15, 0.2) is 0 Å². The number of hydrogen-bond acceptors (Lipinski definition) is 4. The largest absolute Gasteiger partial charge is 0.480 e. The normalized spacial score (nSPS) is 20.6. The minimum atomic E-state index is -0.967. The fraction of sp³-hybridized carbons (Fsp3) is 0.833. The van der Waals surface area contributed by atoms with Gasteiger partial charge in [-0.05, 0) is 38.9 Å². The Hall–Kier alpha value is -0.950. The molecule has 1 aliphatic heterocycles. The molecule has 0 spiro atoms. The smallest absolute Gasteiger partial charge is 0.326 e. The second-order valence-electron chi connectivity index (χ2n) is 4.97. The van der Waals surface area contributed by atoms with Crippen molar-refractivity contribution in [3.05, 3.63) is 0 Å². The van der Waals surface area contributed by atoms with Crippen molar-refractivity contribution >= 4 is 23.8 Å². The molecule has 1 heterocycles. The number of carbonyl (C=O) groups excluding carboxylic acids is 1. The third kappa shape index (κ3) is 4.91. The second kappa shape index (κ2) is 7.59. The fourth-order valence-electron chi connectivity index (χ4n) is 2.08. The SMILES string of the molecule is CSCCC(NC(=O)N1CCC(N(C)C)C1)C(=O)O. The molecule has 0 aromatic carbocycles. The van der Waals surface area contributed by atoms with E-state index in [1.54, 1.807) is 16.7 Å². The highest BCUT2D eigenvalue weighted by Gasteiger charge is 2.29. The molecule has 110 valence electrons. The van der Waals surface area contributed by atoms with E-state index in [0.29, 0.717) is 25.6 Å². The van der Waals surface area contributed by atoms with Crippen molar-refractivity contribution in [1.82, 2.24) is 15.1 Å². The zero-order valence-electron chi connectivity index (χ0n) is 11.8. The molecular formula is C12H23N3O3S. The molecule has 0 aromatic rings. The summed E-state index contributed by atoms with van der Waals surface area (Å²) in [4.78, 5) is 26.9. The lowest BCUT2D eigenvalue weighted by Gasteiger charge is -2.22. The van der Waals surface area contributed by atoms with Gasteiger partial charge in [-0.25, -0.2) is 9.59 Å². The molecule has 6 nitrogen and oxygen atoms in total. The predicted molar refractivity (Wildman–Crippen MR) is 76.6 cm³/mol. The van der Waals surface area contributed by atoms with Gasteiger partial charge in [0.25, 0.3) is 0 Å². The summed E-state index contributed by atoms with van der Waals surface area (Å²) < 4.78 is 0. The number of nitrogens with zero attached hydrogens (tertiary/aromatic N) is 2. The second-order valence-corrected chi connectivity index (χ2v) is 5.96. The summed E-state index contributed by atoms with van der Waals surface area (Å²) in [5, 5.41) is 11.7. The van der Waals surface area contributed by atoms with E-state index in [1.807, 2.05) is 20.4 Å². The number of urea groups is 1. The van der Waals surface area contributed by atoms with E-state index in [1.165, 1.54) is 0 Å². The number of aliphatic carboxylic acids is 1. The third-order valence-electron chi connectivity index (χ3n) is 3.39. The highest BCUT2D eigenvalue weighted by molar-refractivity contribution is 7.98. The van der Waals surface area contributed by atoms with Crippen LogP contribution in [0.5, 0.6) is 0 Å². The van der Waals surface area contributed by atoms with E-state index in [2.05, 4.69) is 10.2 Å². The maximum Gasteiger partial charge on any atom is 0.326 e. The summed E-state index contributed by atoms with van der Waals surface area (Å²) in [6.45, 7) is 1.34. The maximum atomic E-state index is 12.0. The topological polar surface area (TPSA) is 72.9 Å². The molecule has 19 heavy (non-hydrogen) atoms. The molecule has 0 aromatic heterocycles. The van der Waals surface area contributed by atoms with Crippen LogP contribution in [-0.4, -0.2) is 78.2 Å². The molecule has 2 N–H and O–H groups in total. The lowest BCUT2D eigenvalue weighted by Crippen LogP contribution is -2.48. The third-order valence-corrected chi connectivity index (χ3v) is 4.03. The quantitative estimate of drug-likeness (QED) is 0.746. The van der Waals surface area contributed by atoms with Crippen LogP contribution in [0.3, 0.4) is 0 Å². The Labute approximate surface area is 118 Å². The highest BCUT2D eigenvalue weighted by atomic mass is 32.2.